The fourth-order valence-electron chi connectivity index (χ4n) is 4.76. The van der Waals surface area contributed by atoms with E-state index in [-0.39, 0.29) is 0 Å². The molecule has 4 nitrogen and oxygen atoms in total. The molecule has 0 heterocycles. The van der Waals surface area contributed by atoms with Gasteiger partial charge in [0, 0.05) is 0 Å². The van der Waals surface area contributed by atoms with Crippen LogP contribution in [-0.4, -0.2) is 51.5 Å². The van der Waals surface area contributed by atoms with Crippen molar-refractivity contribution in [2.45, 2.75) is 0 Å². The predicted molar refractivity (Wildman–Crippen MR) is 187 cm³/mol. The normalized spacial score (nSPS) is 10.0. The molecular weight excluding hydrogens is 782 g/mol. The van der Waals surface area contributed by atoms with Crippen LogP contribution in [0.5, 0.6) is 0 Å². The van der Waals surface area contributed by atoms with Gasteiger partial charge < -0.3 is 19.8 Å². The van der Waals surface area contributed by atoms with Crippen molar-refractivity contribution in [1.29, 1.82) is 0 Å². The second kappa shape index (κ2) is 19.2. The molecule has 0 aliphatic heterocycles. The van der Waals surface area contributed by atoms with E-state index in [1.807, 2.05) is 0 Å². The Bertz CT molecular complexity index is 1440. The molecule has 46 heavy (non-hydrogen) atoms. The third-order valence-electron chi connectivity index (χ3n) is 6.73. The molecule has 6 aromatic rings. The number of carboxylic acids is 2. The summed E-state index contributed by atoms with van der Waals surface area (Å²) in [7, 11) is 0. The third kappa shape index (κ3) is 11.2. The monoisotopic (exact) mass is 816 g/mol. The van der Waals surface area contributed by atoms with Gasteiger partial charge in [-0.3, -0.25) is 0 Å². The molecule has 0 aliphatic carbocycles. The summed E-state index contributed by atoms with van der Waals surface area (Å²) in [6, 6.07) is 65.9. The van der Waals surface area contributed by atoms with Gasteiger partial charge in [-0.25, -0.2) is 0 Å². The Hall–Kier alpha value is -4.40. The molecule has 0 unspecified atom stereocenters. The second-order valence-electron chi connectivity index (χ2n) is 9.92. The fourth-order valence-corrected chi connectivity index (χ4v) is 19.5. The van der Waals surface area contributed by atoms with E-state index in [4.69, 9.17) is 0 Å². The first-order chi connectivity index (χ1) is 22.5. The second-order valence-corrected chi connectivity index (χ2v) is 24.1. The van der Waals surface area contributed by atoms with E-state index in [1.54, 1.807) is 0 Å². The summed E-state index contributed by atoms with van der Waals surface area (Å²) >= 11 is -3.96. The molecule has 0 bridgehead atoms. The summed E-state index contributed by atoms with van der Waals surface area (Å²) in [6.45, 7) is 0. The Morgan fingerprint density at radius 1 is 0.326 bits per heavy atom. The van der Waals surface area contributed by atoms with Gasteiger partial charge in [0.15, 0.2) is 0 Å². The standard InChI is InChI=1S/6C6H5.C4H4O4.2Sn/c6*1-2-4-6-5-3-1;5-3(6)1-2-4(7)8;;/h6*1-5H;1-2H,(H,5,6)(H,7,8);;/q;;;;;;;2*+1/p-2. The Balaban J connectivity index is 0.000000170. The van der Waals surface area contributed by atoms with Gasteiger partial charge in [-0.1, -0.05) is 0 Å². The molecule has 0 atom stereocenters. The molecule has 0 aromatic heterocycles. The fraction of sp³-hybridized carbons (Fsp3) is 0. The summed E-state index contributed by atoms with van der Waals surface area (Å²) in [6.07, 6.45) is 0.769. The number of rotatable bonds is 8. The quantitative estimate of drug-likeness (QED) is 0.172. The van der Waals surface area contributed by atoms with Crippen molar-refractivity contribution < 1.29 is 19.8 Å². The number of benzene rings is 6. The molecule has 6 heteroatoms. The van der Waals surface area contributed by atoms with Crippen LogP contribution >= 0.6 is 0 Å². The van der Waals surface area contributed by atoms with Gasteiger partial charge in [0.05, 0.1) is 11.9 Å². The zero-order chi connectivity index (χ0) is 32.4. The Morgan fingerprint density at radius 3 is 0.609 bits per heavy atom. The molecule has 0 N–H and O–H groups in total. The maximum absolute atomic E-state index is 9.41. The van der Waals surface area contributed by atoms with Crippen LogP contribution in [0.25, 0.3) is 0 Å². The van der Waals surface area contributed by atoms with Crippen LogP contribution in [0.1, 0.15) is 0 Å². The molecular formula is C40H32O4Sn2. The van der Waals surface area contributed by atoms with Crippen LogP contribution in [0.2, 0.25) is 0 Å². The van der Waals surface area contributed by atoms with Gasteiger partial charge >= 0.3 is 243 Å². The average molecular weight is 814 g/mol. The van der Waals surface area contributed by atoms with E-state index in [2.05, 4.69) is 182 Å². The first kappa shape index (κ1) is 34.5. The van der Waals surface area contributed by atoms with Crippen molar-refractivity contribution in [2.75, 3.05) is 0 Å². The summed E-state index contributed by atoms with van der Waals surface area (Å²) in [5, 5.41) is 18.8. The molecule has 0 radical (unpaired) electrons. The van der Waals surface area contributed by atoms with Crippen LogP contribution in [0.15, 0.2) is 194 Å². The zero-order valence-corrected chi connectivity index (χ0v) is 30.8. The summed E-state index contributed by atoms with van der Waals surface area (Å²) in [5.41, 5.74) is 0. The Kier molecular flexibility index (Phi) is 14.4. The van der Waals surface area contributed by atoms with E-state index in [0.29, 0.717) is 12.2 Å². The van der Waals surface area contributed by atoms with Crippen LogP contribution in [0.4, 0.5) is 0 Å². The number of carbonyl (C=O) groups excluding carboxylic acids is 2. The van der Waals surface area contributed by atoms with Crippen LogP contribution in [0, 0.1) is 0 Å². The molecule has 6 rings (SSSR count). The Labute approximate surface area is 284 Å². The molecule has 0 saturated heterocycles. The van der Waals surface area contributed by atoms with Gasteiger partial charge in [-0.15, -0.1) is 0 Å². The first-order valence-electron chi connectivity index (χ1n) is 14.7. The minimum atomic E-state index is -1.98. The molecule has 0 saturated carbocycles. The van der Waals surface area contributed by atoms with Gasteiger partial charge in [-0.05, 0) is 12.2 Å². The van der Waals surface area contributed by atoms with Gasteiger partial charge in [0.2, 0.25) is 0 Å². The number of hydrogen-bond acceptors (Lipinski definition) is 4. The van der Waals surface area contributed by atoms with E-state index < -0.39 is 51.5 Å². The zero-order valence-electron chi connectivity index (χ0n) is 25.1. The van der Waals surface area contributed by atoms with Crippen molar-refractivity contribution in [3.63, 3.8) is 0 Å². The van der Waals surface area contributed by atoms with Gasteiger partial charge in [0.1, 0.15) is 0 Å². The van der Waals surface area contributed by atoms with E-state index in [1.165, 1.54) is 21.5 Å². The molecule has 0 amide bonds. The van der Waals surface area contributed by atoms with Crippen molar-refractivity contribution in [2.24, 2.45) is 0 Å². The average Bonchev–Trinajstić information content (AvgIpc) is 3.11. The molecule has 0 fully saturated rings. The molecule has 224 valence electrons. The van der Waals surface area contributed by atoms with Crippen molar-refractivity contribution in [3.8, 4) is 0 Å². The van der Waals surface area contributed by atoms with Crippen molar-refractivity contribution >= 4 is 72.9 Å². The molecule has 0 spiro atoms. The summed E-state index contributed by atoms with van der Waals surface area (Å²) in [4.78, 5) is 18.8. The number of aliphatic carboxylic acids is 2. The molecule has 0 aliphatic rings. The predicted octanol–water partition coefficient (Wildman–Crippen LogP) is 1.45. The van der Waals surface area contributed by atoms with Gasteiger partial charge in [-0.2, -0.15) is 0 Å². The van der Waals surface area contributed by atoms with Crippen molar-refractivity contribution in [1.82, 2.24) is 0 Å². The van der Waals surface area contributed by atoms with Gasteiger partial charge in [0.25, 0.3) is 0 Å². The summed E-state index contributed by atoms with van der Waals surface area (Å²) in [5.74, 6) is -3.09. The van der Waals surface area contributed by atoms with Crippen LogP contribution in [-0.2, 0) is 9.59 Å². The van der Waals surface area contributed by atoms with Crippen LogP contribution in [0.3, 0.4) is 0 Å². The van der Waals surface area contributed by atoms with Crippen molar-refractivity contribution in [3.05, 3.63) is 194 Å². The van der Waals surface area contributed by atoms with E-state index in [0.717, 1.165) is 0 Å². The Morgan fingerprint density at radius 2 is 0.478 bits per heavy atom. The van der Waals surface area contributed by atoms with E-state index in [9.17, 15) is 19.8 Å². The minimum absolute atomic E-state index is 0.384. The number of carbonyl (C=O) groups is 2. The SMILES string of the molecule is O=C([O-])C=CC(=O)[O-].c1cc[c]([Sn+]([c]2ccccc2)[c]2ccccc2)cc1.c1cc[c]([Sn+]([c]2ccccc2)[c]2ccccc2)cc1. The third-order valence-corrected chi connectivity index (χ3v) is 22.3. The maximum atomic E-state index is 9.41. The number of carboxylic acid groups (broad SMARTS) is 2. The number of hydrogen-bond donors (Lipinski definition) is 0. The van der Waals surface area contributed by atoms with E-state index >= 15 is 0 Å². The first-order valence-corrected chi connectivity index (χ1v) is 23.3. The topological polar surface area (TPSA) is 80.3 Å². The molecule has 6 aromatic carbocycles. The summed E-state index contributed by atoms with van der Waals surface area (Å²) < 4.78 is 9.18. The van der Waals surface area contributed by atoms with Crippen LogP contribution < -0.4 is 31.7 Å².